The number of hydrogen-bond donors (Lipinski definition) is 1. The molecule has 0 spiro atoms. The molecule has 2 N–H and O–H groups in total. The highest BCUT2D eigenvalue weighted by Crippen LogP contribution is 2.63. The van der Waals surface area contributed by atoms with Crippen LogP contribution in [0, 0.1) is 24.2 Å². The third kappa shape index (κ3) is 2.92. The second-order valence-electron chi connectivity index (χ2n) is 8.91. The Bertz CT molecular complexity index is 1290. The highest BCUT2D eigenvalue weighted by atomic mass is 32.1. The minimum absolute atomic E-state index is 0.0365. The van der Waals surface area contributed by atoms with E-state index in [0.717, 1.165) is 6.07 Å². The summed E-state index contributed by atoms with van der Waals surface area (Å²) in [7, 11) is 0. The van der Waals surface area contributed by atoms with Gasteiger partial charge in [-0.25, -0.2) is 4.98 Å². The van der Waals surface area contributed by atoms with E-state index in [1.165, 1.54) is 29.4 Å². The topological polar surface area (TPSA) is 89.2 Å². The molecule has 2 amide bonds. The lowest BCUT2D eigenvalue weighted by Gasteiger charge is -2.19. The second kappa shape index (κ2) is 6.50. The molecule has 166 valence electrons. The number of pyridine rings is 2. The van der Waals surface area contributed by atoms with Gasteiger partial charge in [0.2, 0.25) is 11.8 Å². The van der Waals surface area contributed by atoms with E-state index in [0.29, 0.717) is 20.7 Å². The van der Waals surface area contributed by atoms with Crippen molar-refractivity contribution in [2.24, 2.45) is 17.3 Å². The van der Waals surface area contributed by atoms with E-state index in [-0.39, 0.29) is 52.6 Å². The summed E-state index contributed by atoms with van der Waals surface area (Å²) >= 11 is 1.27. The zero-order valence-corrected chi connectivity index (χ0v) is 18.3. The van der Waals surface area contributed by atoms with Gasteiger partial charge in [-0.15, -0.1) is 11.3 Å². The van der Waals surface area contributed by atoms with Crippen LogP contribution in [0.5, 0.6) is 0 Å². The summed E-state index contributed by atoms with van der Waals surface area (Å²) in [6.45, 7) is 5.45. The van der Waals surface area contributed by atoms with E-state index < -0.39 is 11.9 Å². The minimum Gasteiger partial charge on any atom is -0.397 e. The Kier molecular flexibility index (Phi) is 4.24. The van der Waals surface area contributed by atoms with Crippen LogP contribution < -0.4 is 5.73 Å². The average molecular weight is 460 g/mol. The molecule has 3 aromatic heterocycles. The second-order valence-corrected chi connectivity index (χ2v) is 10.0. The summed E-state index contributed by atoms with van der Waals surface area (Å²) in [6, 6.07) is 4.25. The first-order valence-electron chi connectivity index (χ1n) is 9.98. The highest BCUT2D eigenvalue weighted by molar-refractivity contribution is 7.19. The number of rotatable bonds is 3. The number of hydrogen-bond acceptors (Lipinski definition) is 6. The van der Waals surface area contributed by atoms with Crippen molar-refractivity contribution >= 4 is 39.1 Å². The van der Waals surface area contributed by atoms with E-state index in [1.54, 1.807) is 12.1 Å². The van der Waals surface area contributed by atoms with Crippen molar-refractivity contribution in [3.63, 3.8) is 0 Å². The Balaban J connectivity index is 1.54. The van der Waals surface area contributed by atoms with Gasteiger partial charge < -0.3 is 5.73 Å². The van der Waals surface area contributed by atoms with Crippen LogP contribution in [0.1, 0.15) is 30.0 Å². The standard InChI is InChI=1S/C22H19F3N4O2S/c1-9-6-13(22(23,24)25)28-17(16(9)26)11-4-5-27-12-7-10(32-18(11)12)8-29-19(30)14-15(20(29)31)21(14,2)3/h4-7,14-15H,8,26H2,1-3H3. The Morgan fingerprint density at radius 1 is 1.19 bits per heavy atom. The third-order valence-electron chi connectivity index (χ3n) is 6.48. The molecule has 0 aromatic carbocycles. The van der Waals surface area contributed by atoms with Crippen molar-refractivity contribution in [3.05, 3.63) is 40.5 Å². The number of aromatic nitrogens is 2. The summed E-state index contributed by atoms with van der Waals surface area (Å²) in [5.41, 5.74) is 6.24. The molecule has 0 bridgehead atoms. The summed E-state index contributed by atoms with van der Waals surface area (Å²) in [6.07, 6.45) is -3.13. The smallest absolute Gasteiger partial charge is 0.397 e. The molecule has 2 unspecified atom stereocenters. The molecule has 2 atom stereocenters. The lowest BCUT2D eigenvalue weighted by molar-refractivity contribution is -0.144. The normalized spacial score (nSPS) is 22.0. The summed E-state index contributed by atoms with van der Waals surface area (Å²) in [5.74, 6) is -0.879. The Labute approximate surface area is 185 Å². The van der Waals surface area contributed by atoms with Crippen LogP contribution >= 0.6 is 11.3 Å². The summed E-state index contributed by atoms with van der Waals surface area (Å²) < 4.78 is 40.6. The van der Waals surface area contributed by atoms with Crippen LogP contribution in [0.3, 0.4) is 0 Å². The minimum atomic E-state index is -4.61. The number of likely N-dealkylation sites (tertiary alicyclic amines) is 1. The molecule has 2 aliphatic rings. The van der Waals surface area contributed by atoms with Gasteiger partial charge in [-0.1, -0.05) is 13.8 Å². The van der Waals surface area contributed by atoms with Gasteiger partial charge in [0, 0.05) is 16.6 Å². The van der Waals surface area contributed by atoms with Crippen LogP contribution in [-0.4, -0.2) is 26.7 Å². The van der Waals surface area contributed by atoms with Crippen LogP contribution in [0.2, 0.25) is 0 Å². The molecule has 1 aliphatic heterocycles. The number of alkyl halides is 3. The van der Waals surface area contributed by atoms with Crippen molar-refractivity contribution < 1.29 is 22.8 Å². The molecule has 1 aliphatic carbocycles. The number of halogens is 3. The number of piperidine rings is 1. The zero-order valence-electron chi connectivity index (χ0n) is 17.4. The number of anilines is 1. The first kappa shape index (κ1) is 20.9. The number of fused-ring (bicyclic) bond motifs is 2. The fraction of sp³-hybridized carbons (Fsp3) is 0.364. The molecule has 5 rings (SSSR count). The predicted octanol–water partition coefficient (Wildman–Crippen LogP) is 4.41. The van der Waals surface area contributed by atoms with Gasteiger partial charge in [0.25, 0.3) is 0 Å². The summed E-state index contributed by atoms with van der Waals surface area (Å²) in [5, 5.41) is 0. The summed E-state index contributed by atoms with van der Waals surface area (Å²) in [4.78, 5) is 35.4. The SMILES string of the molecule is Cc1cc(C(F)(F)F)nc(-c2ccnc3cc(CN4C(=O)C5C(C4=O)C5(C)C)sc23)c1N. The number of imide groups is 1. The first-order chi connectivity index (χ1) is 14.9. The molecule has 32 heavy (non-hydrogen) atoms. The van der Waals surface area contributed by atoms with E-state index in [4.69, 9.17) is 5.73 Å². The Morgan fingerprint density at radius 3 is 2.47 bits per heavy atom. The van der Waals surface area contributed by atoms with Crippen LogP contribution in [0.4, 0.5) is 18.9 Å². The maximum absolute atomic E-state index is 13.3. The number of carbonyl (C=O) groups is 2. The number of nitrogens with zero attached hydrogens (tertiary/aromatic N) is 3. The first-order valence-corrected chi connectivity index (χ1v) is 10.8. The number of carbonyl (C=O) groups excluding carboxylic acids is 2. The van der Waals surface area contributed by atoms with E-state index in [2.05, 4.69) is 9.97 Å². The monoisotopic (exact) mass is 460 g/mol. The average Bonchev–Trinajstić information content (AvgIpc) is 2.96. The Hall–Kier alpha value is -3.01. The number of aryl methyl sites for hydroxylation is 1. The largest absolute Gasteiger partial charge is 0.433 e. The van der Waals surface area contributed by atoms with Crippen molar-refractivity contribution in [3.8, 4) is 11.3 Å². The number of nitrogen functional groups attached to an aromatic ring is 1. The molecule has 2 fully saturated rings. The number of nitrogens with two attached hydrogens (primary N) is 1. The maximum Gasteiger partial charge on any atom is 0.433 e. The van der Waals surface area contributed by atoms with Gasteiger partial charge >= 0.3 is 6.18 Å². The zero-order chi connectivity index (χ0) is 23.2. The number of amides is 2. The van der Waals surface area contributed by atoms with E-state index in [1.807, 2.05) is 13.8 Å². The van der Waals surface area contributed by atoms with Gasteiger partial charge in [-0.3, -0.25) is 19.5 Å². The molecular weight excluding hydrogens is 441 g/mol. The van der Waals surface area contributed by atoms with Crippen molar-refractivity contribution in [2.45, 2.75) is 33.5 Å². The molecule has 4 heterocycles. The number of thiophene rings is 1. The van der Waals surface area contributed by atoms with Crippen molar-refractivity contribution in [1.82, 2.24) is 14.9 Å². The van der Waals surface area contributed by atoms with Crippen LogP contribution in [0.25, 0.3) is 21.5 Å². The molecule has 1 saturated heterocycles. The molecule has 0 radical (unpaired) electrons. The van der Waals surface area contributed by atoms with Gasteiger partial charge in [-0.2, -0.15) is 13.2 Å². The molecule has 3 aromatic rings. The molecule has 10 heteroatoms. The van der Waals surface area contributed by atoms with E-state index in [9.17, 15) is 22.8 Å². The molecule has 6 nitrogen and oxygen atoms in total. The van der Waals surface area contributed by atoms with Crippen molar-refractivity contribution in [1.29, 1.82) is 0 Å². The van der Waals surface area contributed by atoms with Gasteiger partial charge in [-0.05, 0) is 36.1 Å². The fourth-order valence-corrected chi connectivity index (χ4v) is 5.72. The van der Waals surface area contributed by atoms with E-state index >= 15 is 0 Å². The van der Waals surface area contributed by atoms with Crippen LogP contribution in [0.15, 0.2) is 24.4 Å². The quantitative estimate of drug-likeness (QED) is 0.585. The van der Waals surface area contributed by atoms with Gasteiger partial charge in [0.1, 0.15) is 5.69 Å². The molecule has 1 saturated carbocycles. The van der Waals surface area contributed by atoms with Gasteiger partial charge in [0.15, 0.2) is 0 Å². The maximum atomic E-state index is 13.3. The van der Waals surface area contributed by atoms with Crippen molar-refractivity contribution in [2.75, 3.05) is 5.73 Å². The highest BCUT2D eigenvalue weighted by Gasteiger charge is 2.72. The third-order valence-corrected chi connectivity index (χ3v) is 7.62. The van der Waals surface area contributed by atoms with Gasteiger partial charge in [0.05, 0.1) is 40.0 Å². The predicted molar refractivity (Wildman–Crippen MR) is 113 cm³/mol. The lowest BCUT2D eigenvalue weighted by atomic mass is 10.1. The lowest BCUT2D eigenvalue weighted by Crippen LogP contribution is -2.35. The van der Waals surface area contributed by atoms with Crippen LogP contribution in [-0.2, 0) is 22.3 Å². The Morgan fingerprint density at radius 2 is 1.84 bits per heavy atom. The fourth-order valence-electron chi connectivity index (χ4n) is 4.60. The molecular formula is C22H19F3N4O2S.